The SMILES string of the molecule is CC1(c2ccccc2)NC(=O)N(CC(=O)Nc2ccc(N3CCCC3)cc2)C1=O. The van der Waals surface area contributed by atoms with E-state index in [0.717, 1.165) is 23.7 Å². The molecule has 1 unspecified atom stereocenters. The maximum absolute atomic E-state index is 12.9. The van der Waals surface area contributed by atoms with Crippen molar-refractivity contribution in [3.63, 3.8) is 0 Å². The lowest BCUT2D eigenvalue weighted by Crippen LogP contribution is -2.42. The highest BCUT2D eigenvalue weighted by molar-refractivity contribution is 6.10. The average Bonchev–Trinajstić information content (AvgIpc) is 3.33. The average molecular weight is 392 g/mol. The number of carbonyl (C=O) groups is 3. The van der Waals surface area contributed by atoms with Gasteiger partial charge in [-0.2, -0.15) is 0 Å². The molecule has 2 aromatic rings. The lowest BCUT2D eigenvalue weighted by atomic mass is 9.92. The minimum absolute atomic E-state index is 0.332. The number of anilines is 2. The molecule has 2 N–H and O–H groups in total. The Hall–Kier alpha value is -3.35. The van der Waals surface area contributed by atoms with E-state index in [9.17, 15) is 14.4 Å². The molecule has 7 nitrogen and oxygen atoms in total. The molecule has 2 aromatic carbocycles. The number of amides is 4. The Labute approximate surface area is 169 Å². The number of hydrogen-bond donors (Lipinski definition) is 2. The van der Waals surface area contributed by atoms with E-state index in [1.165, 1.54) is 12.8 Å². The van der Waals surface area contributed by atoms with E-state index in [1.54, 1.807) is 31.2 Å². The van der Waals surface area contributed by atoms with Gasteiger partial charge < -0.3 is 15.5 Å². The van der Waals surface area contributed by atoms with E-state index in [-0.39, 0.29) is 6.54 Å². The first-order chi connectivity index (χ1) is 14.0. The van der Waals surface area contributed by atoms with Gasteiger partial charge >= 0.3 is 6.03 Å². The summed E-state index contributed by atoms with van der Waals surface area (Å²) in [7, 11) is 0. The Morgan fingerprint density at radius 3 is 2.34 bits per heavy atom. The Bertz CT molecular complexity index is 923. The quantitative estimate of drug-likeness (QED) is 0.767. The molecule has 29 heavy (non-hydrogen) atoms. The van der Waals surface area contributed by atoms with Crippen LogP contribution in [0.3, 0.4) is 0 Å². The van der Waals surface area contributed by atoms with Gasteiger partial charge in [0.15, 0.2) is 0 Å². The maximum atomic E-state index is 12.9. The largest absolute Gasteiger partial charge is 0.372 e. The van der Waals surface area contributed by atoms with Crippen LogP contribution in [0.15, 0.2) is 54.6 Å². The summed E-state index contributed by atoms with van der Waals surface area (Å²) in [5.74, 6) is -0.854. The van der Waals surface area contributed by atoms with Gasteiger partial charge in [0.1, 0.15) is 12.1 Å². The zero-order chi connectivity index (χ0) is 20.4. The van der Waals surface area contributed by atoms with Crippen molar-refractivity contribution in [2.45, 2.75) is 25.3 Å². The molecule has 7 heteroatoms. The minimum atomic E-state index is -1.17. The van der Waals surface area contributed by atoms with Crippen molar-refractivity contribution in [2.24, 2.45) is 0 Å². The van der Waals surface area contributed by atoms with E-state index in [1.807, 2.05) is 30.3 Å². The van der Waals surface area contributed by atoms with Crippen LogP contribution < -0.4 is 15.5 Å². The van der Waals surface area contributed by atoms with Crippen molar-refractivity contribution in [2.75, 3.05) is 29.9 Å². The second-order valence-electron chi connectivity index (χ2n) is 7.60. The summed E-state index contributed by atoms with van der Waals surface area (Å²) in [6.45, 7) is 3.43. The molecule has 0 radical (unpaired) electrons. The van der Waals surface area contributed by atoms with E-state index in [0.29, 0.717) is 11.3 Å². The van der Waals surface area contributed by atoms with Crippen molar-refractivity contribution in [3.8, 4) is 0 Å². The topological polar surface area (TPSA) is 81.8 Å². The molecule has 2 aliphatic rings. The zero-order valence-electron chi connectivity index (χ0n) is 16.4. The van der Waals surface area contributed by atoms with Crippen molar-refractivity contribution >= 4 is 29.2 Å². The van der Waals surface area contributed by atoms with Gasteiger partial charge in [-0.05, 0) is 49.6 Å². The number of nitrogens with one attached hydrogen (secondary N) is 2. The highest BCUT2D eigenvalue weighted by Gasteiger charge is 2.49. The third-order valence-corrected chi connectivity index (χ3v) is 5.55. The molecular weight excluding hydrogens is 368 g/mol. The molecule has 1 atom stereocenters. The summed E-state index contributed by atoms with van der Waals surface area (Å²) in [5.41, 5.74) is 1.28. The van der Waals surface area contributed by atoms with E-state index in [2.05, 4.69) is 15.5 Å². The van der Waals surface area contributed by atoms with Crippen molar-refractivity contribution in [3.05, 3.63) is 60.2 Å². The minimum Gasteiger partial charge on any atom is -0.372 e. The van der Waals surface area contributed by atoms with Crippen LogP contribution in [0.25, 0.3) is 0 Å². The van der Waals surface area contributed by atoms with Gasteiger partial charge in [-0.25, -0.2) is 4.79 Å². The summed E-state index contributed by atoms with van der Waals surface area (Å²) in [4.78, 5) is 41.0. The van der Waals surface area contributed by atoms with Crippen LogP contribution in [0.1, 0.15) is 25.3 Å². The standard InChI is InChI=1S/C22H24N4O3/c1-22(16-7-3-2-4-8-16)20(28)26(21(29)24-22)15-19(27)23-17-9-11-18(12-10-17)25-13-5-6-14-25/h2-4,7-12H,5-6,13-15H2,1H3,(H,23,27)(H,24,29). The molecule has 2 heterocycles. The van der Waals surface area contributed by atoms with Crippen molar-refractivity contribution < 1.29 is 14.4 Å². The molecule has 0 aliphatic carbocycles. The second-order valence-corrected chi connectivity index (χ2v) is 7.60. The molecule has 4 amide bonds. The van der Waals surface area contributed by atoms with E-state index < -0.39 is 23.4 Å². The van der Waals surface area contributed by atoms with E-state index >= 15 is 0 Å². The highest BCUT2D eigenvalue weighted by Crippen LogP contribution is 2.28. The van der Waals surface area contributed by atoms with Crippen LogP contribution in [0.2, 0.25) is 0 Å². The van der Waals surface area contributed by atoms with Gasteiger partial charge in [-0.1, -0.05) is 30.3 Å². The lowest BCUT2D eigenvalue weighted by Gasteiger charge is -2.22. The number of rotatable bonds is 5. The Morgan fingerprint density at radius 2 is 1.69 bits per heavy atom. The number of hydrogen-bond acceptors (Lipinski definition) is 4. The Balaban J connectivity index is 1.40. The van der Waals surface area contributed by atoms with Crippen molar-refractivity contribution in [1.82, 2.24) is 10.2 Å². The van der Waals surface area contributed by atoms with Gasteiger partial charge in [0.05, 0.1) is 0 Å². The molecule has 2 fully saturated rings. The fourth-order valence-corrected chi connectivity index (χ4v) is 3.88. The third kappa shape index (κ3) is 3.68. The predicted octanol–water partition coefficient (Wildman–Crippen LogP) is 2.69. The molecule has 0 spiro atoms. The molecule has 0 bridgehead atoms. The zero-order valence-corrected chi connectivity index (χ0v) is 16.4. The Morgan fingerprint density at radius 1 is 1.03 bits per heavy atom. The predicted molar refractivity (Wildman–Crippen MR) is 111 cm³/mol. The summed E-state index contributed by atoms with van der Waals surface area (Å²) in [6, 6.07) is 16.1. The van der Waals surface area contributed by atoms with Crippen LogP contribution in [0, 0.1) is 0 Å². The number of benzene rings is 2. The number of nitrogens with zero attached hydrogens (tertiary/aromatic N) is 2. The van der Waals surface area contributed by atoms with Gasteiger partial charge in [-0.3, -0.25) is 14.5 Å². The van der Waals surface area contributed by atoms with Crippen LogP contribution in [-0.4, -0.2) is 42.4 Å². The molecular formula is C22H24N4O3. The molecule has 150 valence electrons. The smallest absolute Gasteiger partial charge is 0.325 e. The molecule has 4 rings (SSSR count). The van der Waals surface area contributed by atoms with Crippen molar-refractivity contribution in [1.29, 1.82) is 0 Å². The highest BCUT2D eigenvalue weighted by atomic mass is 16.2. The Kier molecular flexibility index (Phi) is 4.96. The lowest BCUT2D eigenvalue weighted by molar-refractivity contribution is -0.133. The first kappa shape index (κ1) is 19.0. The van der Waals surface area contributed by atoms with Crippen LogP contribution in [-0.2, 0) is 15.1 Å². The van der Waals surface area contributed by atoms with Gasteiger partial charge in [0.25, 0.3) is 5.91 Å². The summed E-state index contributed by atoms with van der Waals surface area (Å²) < 4.78 is 0. The van der Waals surface area contributed by atoms with Crippen LogP contribution in [0.4, 0.5) is 16.2 Å². The van der Waals surface area contributed by atoms with Crippen LogP contribution in [0.5, 0.6) is 0 Å². The fraction of sp³-hybridized carbons (Fsp3) is 0.318. The van der Waals surface area contributed by atoms with Gasteiger partial charge in [-0.15, -0.1) is 0 Å². The third-order valence-electron chi connectivity index (χ3n) is 5.55. The van der Waals surface area contributed by atoms with Crippen LogP contribution >= 0.6 is 0 Å². The maximum Gasteiger partial charge on any atom is 0.325 e. The molecule has 2 aliphatic heterocycles. The van der Waals surface area contributed by atoms with Gasteiger partial charge in [0.2, 0.25) is 5.91 Å². The normalized spacial score (nSPS) is 21.4. The molecule has 0 saturated carbocycles. The van der Waals surface area contributed by atoms with E-state index in [4.69, 9.17) is 0 Å². The molecule has 2 saturated heterocycles. The summed E-state index contributed by atoms with van der Waals surface area (Å²) in [5, 5.41) is 5.47. The first-order valence-corrected chi connectivity index (χ1v) is 9.82. The second kappa shape index (κ2) is 7.58. The number of imide groups is 1. The monoisotopic (exact) mass is 392 g/mol. The molecule has 0 aromatic heterocycles. The fourth-order valence-electron chi connectivity index (χ4n) is 3.88. The first-order valence-electron chi connectivity index (χ1n) is 9.82. The number of urea groups is 1. The van der Waals surface area contributed by atoms with Gasteiger partial charge in [0, 0.05) is 24.5 Å². The summed E-state index contributed by atoms with van der Waals surface area (Å²) >= 11 is 0. The number of carbonyl (C=O) groups excluding carboxylic acids is 3. The summed E-state index contributed by atoms with van der Waals surface area (Å²) in [6.07, 6.45) is 2.40.